The van der Waals surface area contributed by atoms with Crippen molar-refractivity contribution < 1.29 is 4.74 Å². The van der Waals surface area contributed by atoms with E-state index < -0.39 is 0 Å². The predicted octanol–water partition coefficient (Wildman–Crippen LogP) is 4.99. The van der Waals surface area contributed by atoms with Gasteiger partial charge >= 0.3 is 0 Å². The van der Waals surface area contributed by atoms with Crippen molar-refractivity contribution in [2.45, 2.75) is 66.3 Å². The van der Waals surface area contributed by atoms with Crippen LogP contribution in [0.3, 0.4) is 0 Å². The van der Waals surface area contributed by atoms with Crippen LogP contribution in [0.15, 0.2) is 24.3 Å². The third-order valence-electron chi connectivity index (χ3n) is 3.79. The Balaban J connectivity index is 2.50. The lowest BCUT2D eigenvalue weighted by atomic mass is 9.93. The van der Waals surface area contributed by atoms with Crippen molar-refractivity contribution in [2.24, 2.45) is 5.41 Å². The van der Waals surface area contributed by atoms with Gasteiger partial charge in [0.05, 0.1) is 6.61 Å². The summed E-state index contributed by atoms with van der Waals surface area (Å²) in [4.78, 5) is 0. The molecule has 0 aliphatic carbocycles. The molecule has 120 valence electrons. The highest BCUT2D eigenvalue weighted by Crippen LogP contribution is 2.23. The Hall–Kier alpha value is -1.02. The van der Waals surface area contributed by atoms with Gasteiger partial charge in [0.25, 0.3) is 0 Å². The summed E-state index contributed by atoms with van der Waals surface area (Å²) in [5.41, 5.74) is 1.65. The van der Waals surface area contributed by atoms with Crippen molar-refractivity contribution in [2.75, 3.05) is 13.2 Å². The zero-order chi connectivity index (χ0) is 16.1. The van der Waals surface area contributed by atoms with E-state index in [0.29, 0.717) is 5.92 Å². The quantitative estimate of drug-likeness (QED) is 0.764. The first-order valence-electron chi connectivity index (χ1n) is 8.11. The zero-order valence-electron chi connectivity index (χ0n) is 14.9. The average Bonchev–Trinajstić information content (AvgIpc) is 2.42. The fraction of sp³-hybridized carbons (Fsp3) is 0.684. The Kier molecular flexibility index (Phi) is 6.27. The fourth-order valence-electron chi connectivity index (χ4n) is 1.96. The Morgan fingerprint density at radius 3 is 2.10 bits per heavy atom. The van der Waals surface area contributed by atoms with E-state index in [1.807, 2.05) is 0 Å². The van der Waals surface area contributed by atoms with Crippen LogP contribution in [0, 0.1) is 5.41 Å². The molecule has 0 aliphatic rings. The van der Waals surface area contributed by atoms with Crippen molar-refractivity contribution in [3.8, 4) is 5.75 Å². The second kappa shape index (κ2) is 7.31. The first-order chi connectivity index (χ1) is 9.63. The van der Waals surface area contributed by atoms with E-state index in [9.17, 15) is 0 Å². The van der Waals surface area contributed by atoms with E-state index in [1.54, 1.807) is 0 Å². The maximum atomic E-state index is 5.96. The van der Waals surface area contributed by atoms with Crippen LogP contribution in [0.5, 0.6) is 5.75 Å². The van der Waals surface area contributed by atoms with Gasteiger partial charge in [-0.2, -0.15) is 0 Å². The number of nitrogens with one attached hydrogen (secondary N) is 1. The largest absolute Gasteiger partial charge is 0.493 e. The molecule has 0 heterocycles. The van der Waals surface area contributed by atoms with Crippen LogP contribution < -0.4 is 10.1 Å². The third kappa shape index (κ3) is 6.99. The van der Waals surface area contributed by atoms with Gasteiger partial charge in [-0.15, -0.1) is 0 Å². The van der Waals surface area contributed by atoms with Gasteiger partial charge in [-0.1, -0.05) is 39.8 Å². The first-order valence-corrected chi connectivity index (χ1v) is 8.11. The monoisotopic (exact) mass is 291 g/mol. The minimum absolute atomic E-state index is 0.114. The molecule has 1 aromatic rings. The van der Waals surface area contributed by atoms with Gasteiger partial charge < -0.3 is 10.1 Å². The van der Waals surface area contributed by atoms with E-state index in [0.717, 1.165) is 18.9 Å². The lowest BCUT2D eigenvalue weighted by Gasteiger charge is -2.30. The van der Waals surface area contributed by atoms with Gasteiger partial charge in [0.2, 0.25) is 0 Å². The molecule has 2 heteroatoms. The summed E-state index contributed by atoms with van der Waals surface area (Å²) in [6.07, 6.45) is 1.17. The van der Waals surface area contributed by atoms with Crippen LogP contribution in [-0.2, 0) is 0 Å². The molecule has 0 amide bonds. The topological polar surface area (TPSA) is 21.3 Å². The number of rotatable bonds is 7. The second-order valence-corrected chi connectivity index (χ2v) is 7.93. The normalized spacial score (nSPS) is 14.0. The summed E-state index contributed by atoms with van der Waals surface area (Å²) in [5.74, 6) is 1.58. The summed E-state index contributed by atoms with van der Waals surface area (Å²) in [7, 11) is 0. The second-order valence-electron chi connectivity index (χ2n) is 7.93. The van der Waals surface area contributed by atoms with Gasteiger partial charge in [0.15, 0.2) is 0 Å². The van der Waals surface area contributed by atoms with Crippen molar-refractivity contribution in [1.29, 1.82) is 0 Å². The van der Waals surface area contributed by atoms with E-state index in [1.165, 1.54) is 12.0 Å². The lowest BCUT2D eigenvalue weighted by Crippen LogP contribution is -2.43. The van der Waals surface area contributed by atoms with Crippen LogP contribution >= 0.6 is 0 Å². The molecule has 1 rings (SSSR count). The molecule has 2 nitrogen and oxygen atoms in total. The van der Waals surface area contributed by atoms with Gasteiger partial charge in [0.1, 0.15) is 5.75 Å². The van der Waals surface area contributed by atoms with E-state index in [4.69, 9.17) is 4.74 Å². The van der Waals surface area contributed by atoms with Crippen LogP contribution in [0.25, 0.3) is 0 Å². The lowest BCUT2D eigenvalue weighted by molar-refractivity contribution is 0.166. The maximum absolute atomic E-state index is 5.96. The number of hydrogen-bond donors (Lipinski definition) is 1. The molecule has 1 atom stereocenters. The minimum atomic E-state index is 0.114. The van der Waals surface area contributed by atoms with E-state index in [-0.39, 0.29) is 11.0 Å². The molecule has 0 saturated carbocycles. The molecule has 0 spiro atoms. The van der Waals surface area contributed by atoms with Gasteiger partial charge in [0, 0.05) is 17.5 Å². The maximum Gasteiger partial charge on any atom is 0.119 e. The highest BCUT2D eigenvalue weighted by Gasteiger charge is 2.21. The molecule has 0 radical (unpaired) electrons. The van der Waals surface area contributed by atoms with Crippen LogP contribution in [0.1, 0.15) is 66.4 Å². The summed E-state index contributed by atoms with van der Waals surface area (Å²) in [6.45, 7) is 17.2. The van der Waals surface area contributed by atoms with Gasteiger partial charge in [-0.25, -0.2) is 0 Å². The third-order valence-corrected chi connectivity index (χ3v) is 3.79. The molecule has 0 aliphatic heterocycles. The summed E-state index contributed by atoms with van der Waals surface area (Å²) in [6, 6.07) is 8.55. The number of hydrogen-bond acceptors (Lipinski definition) is 2. The van der Waals surface area contributed by atoms with Crippen LogP contribution in [-0.4, -0.2) is 18.7 Å². The van der Waals surface area contributed by atoms with Crippen LogP contribution in [0.2, 0.25) is 0 Å². The molecule has 0 bridgehead atoms. The SMILES string of the molecule is CCC(C)c1ccc(OCC(C)(C)CNC(C)(C)C)cc1. The smallest absolute Gasteiger partial charge is 0.119 e. The highest BCUT2D eigenvalue weighted by atomic mass is 16.5. The standard InChI is InChI=1S/C19H33NO/c1-8-15(2)16-9-11-17(12-10-16)21-14-19(6,7)13-20-18(3,4)5/h9-12,15,20H,8,13-14H2,1-7H3. The number of benzene rings is 1. The van der Waals surface area contributed by atoms with Gasteiger partial charge in [-0.3, -0.25) is 0 Å². The number of ether oxygens (including phenoxy) is 1. The van der Waals surface area contributed by atoms with Crippen molar-refractivity contribution in [1.82, 2.24) is 5.32 Å². The summed E-state index contributed by atoms with van der Waals surface area (Å²) in [5, 5.41) is 3.55. The Morgan fingerprint density at radius 2 is 1.62 bits per heavy atom. The molecule has 1 N–H and O–H groups in total. The summed E-state index contributed by atoms with van der Waals surface area (Å²) < 4.78 is 5.96. The molecular formula is C19H33NO. The Bertz CT molecular complexity index is 414. The van der Waals surface area contributed by atoms with E-state index in [2.05, 4.69) is 78.0 Å². The molecule has 1 unspecified atom stereocenters. The van der Waals surface area contributed by atoms with E-state index >= 15 is 0 Å². The first kappa shape index (κ1) is 18.0. The van der Waals surface area contributed by atoms with Crippen molar-refractivity contribution in [3.63, 3.8) is 0 Å². The molecule has 21 heavy (non-hydrogen) atoms. The Labute approximate surface area is 131 Å². The highest BCUT2D eigenvalue weighted by molar-refractivity contribution is 5.29. The molecular weight excluding hydrogens is 258 g/mol. The van der Waals surface area contributed by atoms with Crippen molar-refractivity contribution >= 4 is 0 Å². The molecule has 1 aromatic carbocycles. The van der Waals surface area contributed by atoms with Crippen LogP contribution in [0.4, 0.5) is 0 Å². The fourth-order valence-corrected chi connectivity index (χ4v) is 1.96. The van der Waals surface area contributed by atoms with Gasteiger partial charge in [-0.05, 0) is 50.8 Å². The van der Waals surface area contributed by atoms with Crippen molar-refractivity contribution in [3.05, 3.63) is 29.8 Å². The average molecular weight is 291 g/mol. The molecule has 0 aromatic heterocycles. The zero-order valence-corrected chi connectivity index (χ0v) is 14.9. The molecule has 0 saturated heterocycles. The molecule has 0 fully saturated rings. The minimum Gasteiger partial charge on any atom is -0.493 e. The summed E-state index contributed by atoms with van der Waals surface area (Å²) >= 11 is 0. The predicted molar refractivity (Wildman–Crippen MR) is 92.2 cm³/mol. The Morgan fingerprint density at radius 1 is 1.05 bits per heavy atom.